The van der Waals surface area contributed by atoms with Crippen molar-refractivity contribution in [2.24, 2.45) is 0 Å². The molecule has 0 N–H and O–H groups in total. The van der Waals surface area contributed by atoms with E-state index in [1.165, 1.54) is 0 Å². The summed E-state index contributed by atoms with van der Waals surface area (Å²) in [6.07, 6.45) is 7.28. The summed E-state index contributed by atoms with van der Waals surface area (Å²) >= 11 is 0. The number of rotatable bonds is 3. The summed E-state index contributed by atoms with van der Waals surface area (Å²) in [6, 6.07) is 9.59. The summed E-state index contributed by atoms with van der Waals surface area (Å²) in [5, 5.41) is 4.31. The molecule has 2 amide bonds. The molecule has 2 saturated heterocycles. The first-order valence-electron chi connectivity index (χ1n) is 8.91. The Morgan fingerprint density at radius 3 is 2.64 bits per heavy atom. The van der Waals surface area contributed by atoms with Crippen LogP contribution in [0.3, 0.4) is 0 Å². The number of nitrogens with zero attached hydrogens (tertiary/aromatic N) is 4. The van der Waals surface area contributed by atoms with Crippen molar-refractivity contribution >= 4 is 17.5 Å². The molecule has 0 radical (unpaired) electrons. The second kappa shape index (κ2) is 6.70. The Kier molecular flexibility index (Phi) is 4.26. The lowest BCUT2D eigenvalue weighted by atomic mass is 10.0. The Hall–Kier alpha value is -2.63. The van der Waals surface area contributed by atoms with Crippen molar-refractivity contribution in [3.8, 4) is 0 Å². The molecule has 1 aromatic carbocycles. The van der Waals surface area contributed by atoms with Gasteiger partial charge in [-0.3, -0.25) is 14.3 Å². The van der Waals surface area contributed by atoms with Gasteiger partial charge in [-0.2, -0.15) is 5.10 Å². The standard InChI is InChI=1S/C19H22N4O2/c24-18-5-2-12-22(18)16-8-6-15(7-9-16)19(25)21-11-1-4-17(14-21)23-13-3-10-20-23/h3,6-10,13,17H,1-2,4-5,11-12,14H2/t17-/m0/s1. The molecule has 2 aromatic rings. The molecule has 4 rings (SSSR count). The van der Waals surface area contributed by atoms with Crippen LogP contribution in [0.4, 0.5) is 5.69 Å². The minimum absolute atomic E-state index is 0.0520. The number of amides is 2. The fourth-order valence-corrected chi connectivity index (χ4v) is 3.74. The second-order valence-corrected chi connectivity index (χ2v) is 6.73. The average Bonchev–Trinajstić information content (AvgIpc) is 3.33. The number of anilines is 1. The zero-order chi connectivity index (χ0) is 17.2. The van der Waals surface area contributed by atoms with Gasteiger partial charge in [0, 0.05) is 49.7 Å². The van der Waals surface area contributed by atoms with Crippen molar-refractivity contribution in [1.82, 2.24) is 14.7 Å². The third kappa shape index (κ3) is 3.16. The van der Waals surface area contributed by atoms with Crippen LogP contribution in [0.1, 0.15) is 42.1 Å². The number of carbonyl (C=O) groups is 2. The summed E-state index contributed by atoms with van der Waals surface area (Å²) in [7, 11) is 0. The highest BCUT2D eigenvalue weighted by atomic mass is 16.2. The van der Waals surface area contributed by atoms with Gasteiger partial charge in [-0.1, -0.05) is 0 Å². The van der Waals surface area contributed by atoms with Gasteiger partial charge in [0.05, 0.1) is 6.04 Å². The van der Waals surface area contributed by atoms with Crippen molar-refractivity contribution in [3.05, 3.63) is 48.3 Å². The third-order valence-electron chi connectivity index (χ3n) is 5.08. The minimum Gasteiger partial charge on any atom is -0.337 e. The number of benzene rings is 1. The average molecular weight is 338 g/mol. The lowest BCUT2D eigenvalue weighted by Gasteiger charge is -2.33. The van der Waals surface area contributed by atoms with E-state index in [4.69, 9.17) is 0 Å². The maximum atomic E-state index is 12.8. The van der Waals surface area contributed by atoms with E-state index >= 15 is 0 Å². The summed E-state index contributed by atoms with van der Waals surface area (Å²) in [6.45, 7) is 2.24. The van der Waals surface area contributed by atoms with Crippen molar-refractivity contribution in [3.63, 3.8) is 0 Å². The molecule has 2 aliphatic heterocycles. The van der Waals surface area contributed by atoms with E-state index in [2.05, 4.69) is 5.10 Å². The molecule has 25 heavy (non-hydrogen) atoms. The van der Waals surface area contributed by atoms with E-state index in [1.54, 1.807) is 11.1 Å². The van der Waals surface area contributed by atoms with Gasteiger partial charge in [0.1, 0.15) is 0 Å². The highest BCUT2D eigenvalue weighted by Gasteiger charge is 2.26. The molecule has 3 heterocycles. The van der Waals surface area contributed by atoms with Crippen molar-refractivity contribution in [2.45, 2.75) is 31.7 Å². The molecule has 0 unspecified atom stereocenters. The lowest BCUT2D eigenvalue weighted by Crippen LogP contribution is -2.40. The Bertz CT molecular complexity index is 754. The topological polar surface area (TPSA) is 58.4 Å². The highest BCUT2D eigenvalue weighted by molar-refractivity contribution is 5.97. The van der Waals surface area contributed by atoms with Gasteiger partial charge >= 0.3 is 0 Å². The Labute approximate surface area is 147 Å². The minimum atomic E-state index is 0.0520. The van der Waals surface area contributed by atoms with Crippen LogP contribution < -0.4 is 4.90 Å². The van der Waals surface area contributed by atoms with Crippen LogP contribution in [0, 0.1) is 0 Å². The van der Waals surface area contributed by atoms with Gasteiger partial charge < -0.3 is 9.80 Å². The van der Waals surface area contributed by atoms with E-state index in [0.717, 1.165) is 38.0 Å². The molecule has 2 fully saturated rings. The SMILES string of the molecule is O=C(c1ccc(N2CCCC2=O)cc1)N1CCC[C@H](n2cccn2)C1. The van der Waals surface area contributed by atoms with E-state index in [-0.39, 0.29) is 17.9 Å². The largest absolute Gasteiger partial charge is 0.337 e. The summed E-state index contributed by atoms with van der Waals surface area (Å²) in [4.78, 5) is 28.4. The van der Waals surface area contributed by atoms with Crippen LogP contribution in [-0.4, -0.2) is 46.1 Å². The van der Waals surface area contributed by atoms with Crippen LogP contribution in [0.5, 0.6) is 0 Å². The first-order chi connectivity index (χ1) is 12.2. The Balaban J connectivity index is 1.46. The zero-order valence-electron chi connectivity index (χ0n) is 14.2. The van der Waals surface area contributed by atoms with Crippen molar-refractivity contribution in [1.29, 1.82) is 0 Å². The molecule has 1 atom stereocenters. The van der Waals surface area contributed by atoms with E-state index < -0.39 is 0 Å². The maximum Gasteiger partial charge on any atom is 0.253 e. The summed E-state index contributed by atoms with van der Waals surface area (Å²) in [5.41, 5.74) is 1.56. The van der Waals surface area contributed by atoms with Crippen LogP contribution >= 0.6 is 0 Å². The van der Waals surface area contributed by atoms with Crippen LogP contribution in [0.25, 0.3) is 0 Å². The number of carbonyl (C=O) groups excluding carboxylic acids is 2. The zero-order valence-corrected chi connectivity index (χ0v) is 14.2. The molecule has 0 aliphatic carbocycles. The molecule has 6 nitrogen and oxygen atoms in total. The molecule has 2 aliphatic rings. The molecular weight excluding hydrogens is 316 g/mol. The Morgan fingerprint density at radius 2 is 1.96 bits per heavy atom. The number of hydrogen-bond acceptors (Lipinski definition) is 3. The first kappa shape index (κ1) is 15.9. The molecule has 130 valence electrons. The quantitative estimate of drug-likeness (QED) is 0.864. The van der Waals surface area contributed by atoms with Gasteiger partial charge in [0.2, 0.25) is 5.91 Å². The van der Waals surface area contributed by atoms with E-state index in [0.29, 0.717) is 18.5 Å². The van der Waals surface area contributed by atoms with Gasteiger partial charge in [0.15, 0.2) is 0 Å². The summed E-state index contributed by atoms with van der Waals surface area (Å²) in [5.74, 6) is 0.216. The predicted molar refractivity (Wildman–Crippen MR) is 94.4 cm³/mol. The Morgan fingerprint density at radius 1 is 1.12 bits per heavy atom. The maximum absolute atomic E-state index is 12.8. The van der Waals surface area contributed by atoms with Gasteiger partial charge in [-0.15, -0.1) is 0 Å². The van der Waals surface area contributed by atoms with E-state index in [9.17, 15) is 9.59 Å². The summed E-state index contributed by atoms with van der Waals surface area (Å²) < 4.78 is 1.95. The van der Waals surface area contributed by atoms with Gasteiger partial charge in [-0.25, -0.2) is 0 Å². The molecule has 0 saturated carbocycles. The molecular formula is C19H22N4O2. The number of hydrogen-bond donors (Lipinski definition) is 0. The van der Waals surface area contributed by atoms with Crippen LogP contribution in [0.2, 0.25) is 0 Å². The van der Waals surface area contributed by atoms with Gasteiger partial charge in [0.25, 0.3) is 5.91 Å². The van der Waals surface area contributed by atoms with Crippen LogP contribution in [-0.2, 0) is 4.79 Å². The molecule has 0 bridgehead atoms. The molecule has 1 aromatic heterocycles. The number of likely N-dealkylation sites (tertiary alicyclic amines) is 1. The smallest absolute Gasteiger partial charge is 0.253 e. The van der Waals surface area contributed by atoms with Crippen molar-refractivity contribution < 1.29 is 9.59 Å². The number of aromatic nitrogens is 2. The second-order valence-electron chi connectivity index (χ2n) is 6.73. The lowest BCUT2D eigenvalue weighted by molar-refractivity contribution is -0.117. The number of piperidine rings is 1. The van der Waals surface area contributed by atoms with Crippen LogP contribution in [0.15, 0.2) is 42.7 Å². The molecule has 0 spiro atoms. The fraction of sp³-hybridized carbons (Fsp3) is 0.421. The first-order valence-corrected chi connectivity index (χ1v) is 8.91. The highest BCUT2D eigenvalue weighted by Crippen LogP contribution is 2.24. The normalized spacial score (nSPS) is 21.0. The third-order valence-corrected chi connectivity index (χ3v) is 5.08. The fourth-order valence-electron chi connectivity index (χ4n) is 3.74. The molecule has 6 heteroatoms. The van der Waals surface area contributed by atoms with Gasteiger partial charge in [-0.05, 0) is 49.6 Å². The van der Waals surface area contributed by atoms with Crippen molar-refractivity contribution in [2.75, 3.05) is 24.5 Å². The predicted octanol–water partition coefficient (Wildman–Crippen LogP) is 2.49. The monoisotopic (exact) mass is 338 g/mol. The van der Waals surface area contributed by atoms with E-state index in [1.807, 2.05) is 46.1 Å².